The SMILES string of the molecule is COc1ccc(Oc2cc(N(C)C)c(N(C)C=O)cc2NSc2ccc(OC)c(OC)c2)cc1.Cc1ccc(C(C)C)cc1Oc1nccc(-c2c(-c3ccc(C(F)(F)P)cc3)ncn2C2CCNCC2)n1. The van der Waals surface area contributed by atoms with E-state index in [0.717, 1.165) is 76.9 Å². The maximum Gasteiger partial charge on any atom is 0.322 e. The molecule has 8 rings (SSSR count). The van der Waals surface area contributed by atoms with Crippen molar-refractivity contribution >= 4 is 44.7 Å². The molecule has 14 nitrogen and oxygen atoms in total. The fraction of sp³-hybridized carbons (Fsp3) is 0.296. The highest BCUT2D eigenvalue weighted by molar-refractivity contribution is 8.00. The van der Waals surface area contributed by atoms with Gasteiger partial charge in [0.05, 0.1) is 61.8 Å². The number of hydrogen-bond donors (Lipinski definition) is 2. The van der Waals surface area contributed by atoms with Gasteiger partial charge in [0, 0.05) is 55.5 Å². The lowest BCUT2D eigenvalue weighted by atomic mass is 10.0. The van der Waals surface area contributed by atoms with E-state index < -0.39 is 5.66 Å². The van der Waals surface area contributed by atoms with E-state index in [-0.39, 0.29) is 17.6 Å². The summed E-state index contributed by atoms with van der Waals surface area (Å²) in [6.07, 6.45) is 6.20. The molecule has 0 bridgehead atoms. The average molecular weight is 1020 g/mol. The lowest BCUT2D eigenvalue weighted by Crippen LogP contribution is -2.29. The van der Waals surface area contributed by atoms with Crippen LogP contribution in [0.2, 0.25) is 0 Å². The molecular weight excluding hydrogens is 958 g/mol. The Morgan fingerprint density at radius 1 is 0.806 bits per heavy atom. The van der Waals surface area contributed by atoms with E-state index >= 15 is 0 Å². The molecule has 0 saturated carbocycles. The summed E-state index contributed by atoms with van der Waals surface area (Å²) >= 11 is 1.39. The number of amides is 1. The van der Waals surface area contributed by atoms with Crippen molar-refractivity contribution in [3.63, 3.8) is 0 Å². The van der Waals surface area contributed by atoms with Crippen molar-refractivity contribution < 1.29 is 37.3 Å². The molecular formula is C54H61F2N8O6PS. The molecule has 1 aliphatic heterocycles. The predicted molar refractivity (Wildman–Crippen MR) is 286 cm³/mol. The molecule has 0 aliphatic carbocycles. The fourth-order valence-electron chi connectivity index (χ4n) is 7.93. The van der Waals surface area contributed by atoms with Crippen LogP contribution in [0, 0.1) is 6.92 Å². The third kappa shape index (κ3) is 12.9. The highest BCUT2D eigenvalue weighted by atomic mass is 32.2. The van der Waals surface area contributed by atoms with E-state index in [4.69, 9.17) is 33.7 Å². The molecule has 1 amide bonds. The zero-order valence-corrected chi connectivity index (χ0v) is 43.9. The summed E-state index contributed by atoms with van der Waals surface area (Å²) in [6, 6.07) is 31.5. The molecule has 72 heavy (non-hydrogen) atoms. The molecule has 1 saturated heterocycles. The van der Waals surface area contributed by atoms with Crippen LogP contribution in [0.25, 0.3) is 22.6 Å². The number of alkyl halides is 2. The summed E-state index contributed by atoms with van der Waals surface area (Å²) in [7, 11) is 12.0. The Morgan fingerprint density at radius 2 is 1.51 bits per heavy atom. The van der Waals surface area contributed by atoms with Gasteiger partial charge in [0.1, 0.15) is 17.2 Å². The van der Waals surface area contributed by atoms with Gasteiger partial charge in [-0.05, 0) is 123 Å². The molecule has 1 atom stereocenters. The first-order valence-corrected chi connectivity index (χ1v) is 24.7. The Hall–Kier alpha value is -6.94. The Kier molecular flexibility index (Phi) is 17.6. The van der Waals surface area contributed by atoms with Gasteiger partial charge in [-0.2, -0.15) is 13.8 Å². The number of imidazole rings is 1. The molecule has 18 heteroatoms. The normalized spacial score (nSPS) is 12.6. The summed E-state index contributed by atoms with van der Waals surface area (Å²) in [5, 5.41) is 3.40. The molecule has 2 aromatic heterocycles. The summed E-state index contributed by atoms with van der Waals surface area (Å²) in [6.45, 7) is 8.11. The number of aromatic nitrogens is 4. The molecule has 0 radical (unpaired) electrons. The van der Waals surface area contributed by atoms with Gasteiger partial charge in [-0.15, -0.1) is 0 Å². The molecule has 3 heterocycles. The molecule has 1 unspecified atom stereocenters. The zero-order chi connectivity index (χ0) is 51.5. The number of hydrogen-bond acceptors (Lipinski definition) is 13. The van der Waals surface area contributed by atoms with Crippen molar-refractivity contribution in [3.05, 3.63) is 132 Å². The van der Waals surface area contributed by atoms with Crippen LogP contribution < -0.4 is 43.5 Å². The Morgan fingerprint density at radius 3 is 2.15 bits per heavy atom. The fourth-order valence-corrected chi connectivity index (χ4v) is 8.81. The van der Waals surface area contributed by atoms with Crippen LogP contribution in [0.4, 0.5) is 25.8 Å². The van der Waals surface area contributed by atoms with Crippen molar-refractivity contribution in [1.29, 1.82) is 0 Å². The number of aryl methyl sites for hydroxylation is 1. The second-order valence-electron chi connectivity index (χ2n) is 17.5. The summed E-state index contributed by atoms with van der Waals surface area (Å²) in [5.41, 5.74) is 4.30. The minimum Gasteiger partial charge on any atom is -0.497 e. The second kappa shape index (κ2) is 24.0. The molecule has 1 fully saturated rings. The van der Waals surface area contributed by atoms with Crippen LogP contribution in [-0.2, 0) is 10.5 Å². The van der Waals surface area contributed by atoms with E-state index in [2.05, 4.69) is 39.5 Å². The summed E-state index contributed by atoms with van der Waals surface area (Å²) < 4.78 is 61.5. The number of piperidine rings is 1. The number of carbonyl (C=O) groups excluding carboxylic acids is 1. The third-order valence-corrected chi connectivity index (χ3v) is 13.2. The smallest absolute Gasteiger partial charge is 0.322 e. The van der Waals surface area contributed by atoms with E-state index in [1.165, 1.54) is 34.5 Å². The van der Waals surface area contributed by atoms with Crippen LogP contribution in [0.5, 0.6) is 40.5 Å². The van der Waals surface area contributed by atoms with Gasteiger partial charge in [0.15, 0.2) is 17.2 Å². The topological polar surface area (TPSA) is 137 Å². The van der Waals surface area contributed by atoms with E-state index in [9.17, 15) is 13.6 Å². The van der Waals surface area contributed by atoms with Gasteiger partial charge in [-0.3, -0.25) is 4.79 Å². The minimum atomic E-state index is -2.99. The lowest BCUT2D eigenvalue weighted by molar-refractivity contribution is -0.107. The van der Waals surface area contributed by atoms with Gasteiger partial charge in [0.25, 0.3) is 5.66 Å². The molecule has 7 aromatic rings. The van der Waals surface area contributed by atoms with Crippen molar-refractivity contribution in [2.75, 3.05) is 70.1 Å². The Labute approximate surface area is 426 Å². The third-order valence-electron chi connectivity index (χ3n) is 12.0. The van der Waals surface area contributed by atoms with Crippen LogP contribution in [0.15, 0.2) is 121 Å². The lowest BCUT2D eigenvalue weighted by Gasteiger charge is -2.25. The largest absolute Gasteiger partial charge is 0.497 e. The highest BCUT2D eigenvalue weighted by Crippen LogP contribution is 2.43. The van der Waals surface area contributed by atoms with Crippen LogP contribution in [0.3, 0.4) is 0 Å². The van der Waals surface area contributed by atoms with Crippen LogP contribution in [0.1, 0.15) is 55.3 Å². The van der Waals surface area contributed by atoms with Gasteiger partial charge in [-0.1, -0.05) is 59.5 Å². The molecule has 2 N–H and O–H groups in total. The number of benzene rings is 5. The van der Waals surface area contributed by atoms with E-state index in [0.29, 0.717) is 46.0 Å². The van der Waals surface area contributed by atoms with Gasteiger partial charge in [-0.25, -0.2) is 9.97 Å². The second-order valence-corrected chi connectivity index (χ2v) is 19.1. The maximum atomic E-state index is 13.8. The number of nitrogens with one attached hydrogen (secondary N) is 2. The van der Waals surface area contributed by atoms with Crippen molar-refractivity contribution in [1.82, 2.24) is 24.8 Å². The first kappa shape index (κ1) is 52.9. The highest BCUT2D eigenvalue weighted by Gasteiger charge is 2.27. The number of anilines is 3. The van der Waals surface area contributed by atoms with Gasteiger partial charge < -0.3 is 48.1 Å². The maximum absolute atomic E-state index is 13.8. The molecule has 5 aromatic carbocycles. The van der Waals surface area contributed by atoms with Crippen molar-refractivity contribution in [3.8, 4) is 63.2 Å². The summed E-state index contributed by atoms with van der Waals surface area (Å²) in [4.78, 5) is 29.8. The van der Waals surface area contributed by atoms with Gasteiger partial charge in [0.2, 0.25) is 6.41 Å². The minimum absolute atomic E-state index is 0.0673. The number of ether oxygens (including phenoxy) is 5. The van der Waals surface area contributed by atoms with Gasteiger partial charge >= 0.3 is 6.01 Å². The van der Waals surface area contributed by atoms with Crippen LogP contribution >= 0.6 is 21.2 Å². The number of methoxy groups -OCH3 is 3. The van der Waals surface area contributed by atoms with Crippen LogP contribution in [-0.4, -0.2) is 81.5 Å². The van der Waals surface area contributed by atoms with E-state index in [1.807, 2.05) is 105 Å². The number of carbonyl (C=O) groups is 1. The van der Waals surface area contributed by atoms with Crippen molar-refractivity contribution in [2.24, 2.45) is 0 Å². The molecule has 1 aliphatic rings. The standard InChI is InChI=1S/C29H32F2N5OP.C25H29N3O5S/c1-18(2)21-5-4-19(3)25(16-21)37-28-33-15-12-24(35-28)27-26(20-6-8-22(9-7-20)29(30,31)38)34-17-36(27)23-10-13-32-14-11-23;1-27(2)21-15-24(33-18-9-7-17(30-4)8-10-18)20(14-22(21)28(3)16-29)26-34-19-11-12-23(31-5)25(13-19)32-6/h4-9,12,15-18,23,32H,10-11,13-14,38H2,1-3H3;7-16,26H,1-6H3. The summed E-state index contributed by atoms with van der Waals surface area (Å²) in [5.74, 6) is 4.37. The Balaban J connectivity index is 0.000000213. The monoisotopic (exact) mass is 1020 g/mol. The number of rotatable bonds is 18. The number of halogens is 2. The van der Waals surface area contributed by atoms with Crippen molar-refractivity contribution in [2.45, 2.75) is 56.1 Å². The first-order valence-electron chi connectivity index (χ1n) is 23.3. The first-order chi connectivity index (χ1) is 34.6. The Bertz CT molecular complexity index is 2930. The quantitative estimate of drug-likeness (QED) is 0.0480. The van der Waals surface area contributed by atoms with E-state index in [1.54, 1.807) is 55.9 Å². The predicted octanol–water partition coefficient (Wildman–Crippen LogP) is 12.4. The average Bonchev–Trinajstić information content (AvgIpc) is 3.84. The molecule has 378 valence electrons. The number of nitrogens with zero attached hydrogens (tertiary/aromatic N) is 6. The molecule has 0 spiro atoms. The zero-order valence-electron chi connectivity index (χ0n) is 41.9.